The van der Waals surface area contributed by atoms with Gasteiger partial charge in [-0.1, -0.05) is 48.2 Å². The van der Waals surface area contributed by atoms with Gasteiger partial charge in [-0.05, 0) is 83.6 Å². The Balaban J connectivity index is 1.85. The summed E-state index contributed by atoms with van der Waals surface area (Å²) in [4.78, 5) is 5.54. The Kier molecular flexibility index (Phi) is 4.93. The molecule has 0 bridgehead atoms. The van der Waals surface area contributed by atoms with E-state index in [1.807, 2.05) is 0 Å². The summed E-state index contributed by atoms with van der Waals surface area (Å²) in [6.45, 7) is 16.0. The molecule has 2 atom stereocenters. The fraction of sp³-hybridized carbons (Fsp3) is 0.538. The predicted molar refractivity (Wildman–Crippen MR) is 122 cm³/mol. The second-order valence-electron chi connectivity index (χ2n) is 9.36. The fourth-order valence-electron chi connectivity index (χ4n) is 6.29. The Labute approximate surface area is 171 Å². The number of rotatable bonds is 2. The lowest BCUT2D eigenvalue weighted by Gasteiger charge is -2.35. The first-order chi connectivity index (χ1) is 13.3. The van der Waals surface area contributed by atoms with E-state index in [9.17, 15) is 0 Å². The third-order valence-electron chi connectivity index (χ3n) is 7.00. The highest BCUT2D eigenvalue weighted by Gasteiger charge is 2.47. The molecule has 4 rings (SSSR count). The maximum Gasteiger partial charge on any atom is 0.0994 e. The van der Waals surface area contributed by atoms with Gasteiger partial charge in [-0.25, -0.2) is 0 Å². The van der Waals surface area contributed by atoms with Gasteiger partial charge in [-0.2, -0.15) is 0 Å². The lowest BCUT2D eigenvalue weighted by atomic mass is 9.88. The number of hydrogen-bond donors (Lipinski definition) is 0. The van der Waals surface area contributed by atoms with Crippen molar-refractivity contribution >= 4 is 11.4 Å². The predicted octanol–water partition coefficient (Wildman–Crippen LogP) is 6.52. The normalized spacial score (nSPS) is 22.7. The van der Waals surface area contributed by atoms with Gasteiger partial charge >= 0.3 is 0 Å². The molecule has 0 radical (unpaired) electrons. The molecule has 28 heavy (non-hydrogen) atoms. The van der Waals surface area contributed by atoms with Crippen LogP contribution in [0.15, 0.2) is 24.3 Å². The summed E-state index contributed by atoms with van der Waals surface area (Å²) in [5, 5.41) is 0. The Morgan fingerprint density at radius 2 is 0.929 bits per heavy atom. The molecule has 0 aromatic heterocycles. The average Bonchev–Trinajstić information content (AvgIpc) is 2.87. The summed E-state index contributed by atoms with van der Waals surface area (Å²) < 4.78 is 0. The number of aryl methyl sites for hydroxylation is 6. The van der Waals surface area contributed by atoms with Crippen LogP contribution in [0.1, 0.15) is 66.0 Å². The van der Waals surface area contributed by atoms with Gasteiger partial charge in [0.1, 0.15) is 0 Å². The zero-order chi connectivity index (χ0) is 20.2. The van der Waals surface area contributed by atoms with Gasteiger partial charge < -0.3 is 9.80 Å². The molecule has 0 amide bonds. The lowest BCUT2D eigenvalue weighted by molar-refractivity contribution is 0.408. The summed E-state index contributed by atoms with van der Waals surface area (Å²) in [7, 11) is 0. The summed E-state index contributed by atoms with van der Waals surface area (Å²) in [5.41, 5.74) is 11.4. The van der Waals surface area contributed by atoms with Crippen molar-refractivity contribution in [2.45, 2.75) is 92.4 Å². The number of hydrogen-bond acceptors (Lipinski definition) is 2. The maximum atomic E-state index is 2.77. The van der Waals surface area contributed by atoms with E-state index in [0.717, 1.165) is 0 Å². The first-order valence-corrected chi connectivity index (χ1v) is 11.0. The molecule has 2 aromatic carbocycles. The van der Waals surface area contributed by atoms with E-state index in [2.05, 4.69) is 82.5 Å². The van der Waals surface area contributed by atoms with Crippen LogP contribution in [0.25, 0.3) is 0 Å². The van der Waals surface area contributed by atoms with Crippen LogP contribution >= 0.6 is 0 Å². The quantitative estimate of drug-likeness (QED) is 0.588. The molecule has 1 aliphatic heterocycles. The maximum absolute atomic E-state index is 2.77. The van der Waals surface area contributed by atoms with E-state index in [4.69, 9.17) is 0 Å². The van der Waals surface area contributed by atoms with Crippen LogP contribution in [0, 0.1) is 41.5 Å². The van der Waals surface area contributed by atoms with Gasteiger partial charge in [0.05, 0.1) is 18.2 Å². The molecule has 0 unspecified atom stereocenters. The molecule has 2 nitrogen and oxygen atoms in total. The average molecular weight is 377 g/mol. The Morgan fingerprint density at radius 3 is 1.25 bits per heavy atom. The molecule has 2 heteroatoms. The Hall–Kier alpha value is -1.96. The third kappa shape index (κ3) is 3.02. The molecule has 1 saturated heterocycles. The topological polar surface area (TPSA) is 6.48 Å². The number of nitrogens with zero attached hydrogens (tertiary/aromatic N) is 2. The first kappa shape index (κ1) is 19.4. The van der Waals surface area contributed by atoms with Crippen LogP contribution in [-0.4, -0.2) is 18.2 Å². The molecular weight excluding hydrogens is 340 g/mol. The Morgan fingerprint density at radius 1 is 0.607 bits per heavy atom. The van der Waals surface area contributed by atoms with Crippen molar-refractivity contribution in [2.24, 2.45) is 0 Å². The smallest absolute Gasteiger partial charge is 0.0994 e. The zero-order valence-electron chi connectivity index (χ0n) is 18.8. The minimum Gasteiger partial charge on any atom is -0.346 e. The van der Waals surface area contributed by atoms with Crippen LogP contribution in [0.5, 0.6) is 0 Å². The van der Waals surface area contributed by atoms with Gasteiger partial charge in [0, 0.05) is 11.4 Å². The second kappa shape index (κ2) is 7.13. The minimum atomic E-state index is 0.383. The van der Waals surface area contributed by atoms with E-state index in [-0.39, 0.29) is 0 Å². The molecule has 2 fully saturated rings. The van der Waals surface area contributed by atoms with Crippen LogP contribution in [0.2, 0.25) is 0 Å². The fourth-order valence-corrected chi connectivity index (χ4v) is 6.29. The highest BCUT2D eigenvalue weighted by Crippen LogP contribution is 2.45. The molecule has 1 aliphatic carbocycles. The summed E-state index contributed by atoms with van der Waals surface area (Å²) >= 11 is 0. The summed E-state index contributed by atoms with van der Waals surface area (Å²) in [6.07, 6.45) is 5.71. The largest absolute Gasteiger partial charge is 0.346 e. The minimum absolute atomic E-state index is 0.383. The summed E-state index contributed by atoms with van der Waals surface area (Å²) in [6, 6.07) is 10.7. The SMILES string of the molecule is Cc1cc(C)c(N2C(C)N(c3c(C)cc(C)cc3C)[C@@H]3CCCC[C@H]32)c(C)c1. The van der Waals surface area contributed by atoms with E-state index in [1.165, 1.54) is 70.4 Å². The molecule has 0 N–H and O–H groups in total. The van der Waals surface area contributed by atoms with Crippen molar-refractivity contribution in [3.05, 3.63) is 57.6 Å². The Bertz CT molecular complexity index is 778. The highest BCUT2D eigenvalue weighted by atomic mass is 15.5. The lowest BCUT2D eigenvalue weighted by Crippen LogP contribution is -2.40. The van der Waals surface area contributed by atoms with Crippen molar-refractivity contribution in [2.75, 3.05) is 9.80 Å². The van der Waals surface area contributed by atoms with Gasteiger partial charge in [0.15, 0.2) is 0 Å². The van der Waals surface area contributed by atoms with Gasteiger partial charge in [0.25, 0.3) is 0 Å². The highest BCUT2D eigenvalue weighted by molar-refractivity contribution is 5.69. The van der Waals surface area contributed by atoms with E-state index < -0.39 is 0 Å². The van der Waals surface area contributed by atoms with Crippen LogP contribution < -0.4 is 9.80 Å². The van der Waals surface area contributed by atoms with Crippen molar-refractivity contribution in [3.8, 4) is 0 Å². The standard InChI is InChI=1S/C26H36N2/c1-16-12-18(3)25(19(4)13-16)27-22(7)28(24-11-9-8-10-23(24)27)26-20(5)14-17(2)15-21(26)6/h12-15,22-24H,8-11H2,1-7H3/t23-,24-/m1/s1. The van der Waals surface area contributed by atoms with Gasteiger partial charge in [-0.15, -0.1) is 0 Å². The van der Waals surface area contributed by atoms with Crippen molar-refractivity contribution < 1.29 is 0 Å². The number of benzene rings is 2. The van der Waals surface area contributed by atoms with E-state index >= 15 is 0 Å². The van der Waals surface area contributed by atoms with Crippen molar-refractivity contribution in [1.82, 2.24) is 0 Å². The summed E-state index contributed by atoms with van der Waals surface area (Å²) in [5.74, 6) is 0. The molecule has 1 saturated carbocycles. The van der Waals surface area contributed by atoms with Crippen molar-refractivity contribution in [1.29, 1.82) is 0 Å². The van der Waals surface area contributed by atoms with Gasteiger partial charge in [0.2, 0.25) is 0 Å². The monoisotopic (exact) mass is 376 g/mol. The number of anilines is 2. The van der Waals surface area contributed by atoms with Gasteiger partial charge in [-0.3, -0.25) is 0 Å². The second-order valence-corrected chi connectivity index (χ2v) is 9.36. The number of fused-ring (bicyclic) bond motifs is 1. The molecule has 2 aliphatic rings. The zero-order valence-corrected chi connectivity index (χ0v) is 18.8. The first-order valence-electron chi connectivity index (χ1n) is 11.0. The van der Waals surface area contributed by atoms with Crippen LogP contribution in [-0.2, 0) is 0 Å². The molecule has 150 valence electrons. The molecule has 1 heterocycles. The van der Waals surface area contributed by atoms with E-state index in [1.54, 1.807) is 0 Å². The molecule has 2 aromatic rings. The molecular formula is C26H36N2. The van der Waals surface area contributed by atoms with E-state index in [0.29, 0.717) is 18.2 Å². The van der Waals surface area contributed by atoms with Crippen LogP contribution in [0.4, 0.5) is 11.4 Å². The van der Waals surface area contributed by atoms with Crippen molar-refractivity contribution in [3.63, 3.8) is 0 Å². The third-order valence-corrected chi connectivity index (χ3v) is 7.00. The van der Waals surface area contributed by atoms with Crippen LogP contribution in [0.3, 0.4) is 0 Å². The molecule has 0 spiro atoms.